The molecular formula is C18H21N5O3. The summed E-state index contributed by atoms with van der Waals surface area (Å²) in [6.07, 6.45) is 1.76. The van der Waals surface area contributed by atoms with Crippen LogP contribution in [0.1, 0.15) is 48.8 Å². The molecule has 0 aliphatic rings. The van der Waals surface area contributed by atoms with Crippen LogP contribution in [0.15, 0.2) is 39.9 Å². The summed E-state index contributed by atoms with van der Waals surface area (Å²) in [6, 6.07) is 7.94. The van der Waals surface area contributed by atoms with Crippen LogP contribution in [-0.2, 0) is 6.54 Å². The average molecular weight is 355 g/mol. The Hall–Kier alpha value is -3.16. The van der Waals surface area contributed by atoms with Crippen LogP contribution in [0.3, 0.4) is 0 Å². The SMILES string of the molecule is CCCCn1nc(C(=O)NC(C)c2ccc3[nH]c(=O)[nH]c3c2)ccc1=O. The molecule has 8 heteroatoms. The van der Waals surface area contributed by atoms with Gasteiger partial charge >= 0.3 is 5.69 Å². The molecular weight excluding hydrogens is 334 g/mol. The molecule has 0 saturated heterocycles. The van der Waals surface area contributed by atoms with Gasteiger partial charge in [-0.2, -0.15) is 5.10 Å². The lowest BCUT2D eigenvalue weighted by Crippen LogP contribution is -2.31. The summed E-state index contributed by atoms with van der Waals surface area (Å²) < 4.78 is 1.32. The third kappa shape index (κ3) is 3.74. The highest BCUT2D eigenvalue weighted by Crippen LogP contribution is 2.17. The summed E-state index contributed by atoms with van der Waals surface area (Å²) in [6.45, 7) is 4.36. The van der Waals surface area contributed by atoms with E-state index in [0.29, 0.717) is 17.6 Å². The number of nitrogens with one attached hydrogen (secondary N) is 3. The van der Waals surface area contributed by atoms with E-state index in [4.69, 9.17) is 0 Å². The summed E-state index contributed by atoms with van der Waals surface area (Å²) in [5.74, 6) is -0.356. The van der Waals surface area contributed by atoms with E-state index in [9.17, 15) is 14.4 Å². The van der Waals surface area contributed by atoms with Gasteiger partial charge in [0.25, 0.3) is 11.5 Å². The molecule has 3 rings (SSSR count). The van der Waals surface area contributed by atoms with Crippen LogP contribution in [0.5, 0.6) is 0 Å². The van der Waals surface area contributed by atoms with Crippen LogP contribution >= 0.6 is 0 Å². The van der Waals surface area contributed by atoms with Crippen molar-refractivity contribution in [2.24, 2.45) is 0 Å². The van der Waals surface area contributed by atoms with Crippen LogP contribution in [0, 0.1) is 0 Å². The van der Waals surface area contributed by atoms with E-state index in [1.54, 1.807) is 6.07 Å². The van der Waals surface area contributed by atoms with Crippen molar-refractivity contribution in [2.75, 3.05) is 0 Å². The minimum atomic E-state index is -0.356. The summed E-state index contributed by atoms with van der Waals surface area (Å²) in [7, 11) is 0. The molecule has 0 aliphatic carbocycles. The lowest BCUT2D eigenvalue weighted by molar-refractivity contribution is 0.0932. The Morgan fingerprint density at radius 1 is 1.19 bits per heavy atom. The predicted octanol–water partition coefficient (Wildman–Crippen LogP) is 1.70. The molecule has 3 aromatic rings. The van der Waals surface area contributed by atoms with Crippen molar-refractivity contribution in [2.45, 2.75) is 39.3 Å². The maximum Gasteiger partial charge on any atom is 0.323 e. The summed E-state index contributed by atoms with van der Waals surface area (Å²) >= 11 is 0. The highest BCUT2D eigenvalue weighted by Gasteiger charge is 2.14. The fourth-order valence-corrected chi connectivity index (χ4v) is 2.71. The Bertz CT molecular complexity index is 1050. The molecule has 0 saturated carbocycles. The second-order valence-corrected chi connectivity index (χ2v) is 6.21. The zero-order chi connectivity index (χ0) is 18.7. The van der Waals surface area contributed by atoms with Gasteiger partial charge in [0.15, 0.2) is 0 Å². The topological polar surface area (TPSA) is 113 Å². The number of benzene rings is 1. The van der Waals surface area contributed by atoms with Crippen LogP contribution < -0.4 is 16.6 Å². The summed E-state index contributed by atoms with van der Waals surface area (Å²) in [5.41, 5.74) is 1.95. The number of imidazole rings is 1. The number of carbonyl (C=O) groups is 1. The van der Waals surface area contributed by atoms with Gasteiger partial charge < -0.3 is 15.3 Å². The number of fused-ring (bicyclic) bond motifs is 1. The van der Waals surface area contributed by atoms with E-state index in [1.165, 1.54) is 16.8 Å². The van der Waals surface area contributed by atoms with Crippen LogP contribution in [0.25, 0.3) is 11.0 Å². The quantitative estimate of drug-likeness (QED) is 0.624. The summed E-state index contributed by atoms with van der Waals surface area (Å²) in [5, 5.41) is 7.02. The monoisotopic (exact) mass is 355 g/mol. The molecule has 1 unspecified atom stereocenters. The number of aromatic nitrogens is 4. The van der Waals surface area contributed by atoms with Gasteiger partial charge in [0.1, 0.15) is 5.69 Å². The van der Waals surface area contributed by atoms with E-state index in [2.05, 4.69) is 20.4 Å². The van der Waals surface area contributed by atoms with Crippen molar-refractivity contribution in [3.63, 3.8) is 0 Å². The molecule has 26 heavy (non-hydrogen) atoms. The van der Waals surface area contributed by atoms with Gasteiger partial charge in [0, 0.05) is 12.6 Å². The van der Waals surface area contributed by atoms with E-state index in [0.717, 1.165) is 18.4 Å². The number of H-pyrrole nitrogens is 2. The Morgan fingerprint density at radius 3 is 2.73 bits per heavy atom. The summed E-state index contributed by atoms with van der Waals surface area (Å²) in [4.78, 5) is 41.0. The lowest BCUT2D eigenvalue weighted by Gasteiger charge is -2.14. The molecule has 136 valence electrons. The van der Waals surface area contributed by atoms with Gasteiger partial charge in [0.2, 0.25) is 0 Å². The van der Waals surface area contributed by atoms with Gasteiger partial charge in [0.05, 0.1) is 17.1 Å². The van der Waals surface area contributed by atoms with Gasteiger partial charge in [-0.25, -0.2) is 9.48 Å². The normalized spacial score (nSPS) is 12.2. The molecule has 2 heterocycles. The third-order valence-corrected chi connectivity index (χ3v) is 4.21. The number of nitrogens with zero attached hydrogens (tertiary/aromatic N) is 2. The Balaban J connectivity index is 1.77. The molecule has 1 atom stereocenters. The highest BCUT2D eigenvalue weighted by atomic mass is 16.2. The van der Waals surface area contributed by atoms with E-state index >= 15 is 0 Å². The molecule has 2 aromatic heterocycles. The Labute approximate surface area is 149 Å². The lowest BCUT2D eigenvalue weighted by atomic mass is 10.1. The predicted molar refractivity (Wildman–Crippen MR) is 98.2 cm³/mol. The average Bonchev–Trinajstić information content (AvgIpc) is 2.99. The maximum atomic E-state index is 12.5. The van der Waals surface area contributed by atoms with E-state index in [1.807, 2.05) is 26.0 Å². The number of aromatic amines is 2. The van der Waals surface area contributed by atoms with Crippen molar-refractivity contribution in [3.8, 4) is 0 Å². The number of hydrogen-bond donors (Lipinski definition) is 3. The number of hydrogen-bond acceptors (Lipinski definition) is 4. The van der Waals surface area contributed by atoms with Gasteiger partial charge in [-0.05, 0) is 37.1 Å². The minimum Gasteiger partial charge on any atom is -0.344 e. The number of amides is 1. The number of carbonyl (C=O) groups excluding carboxylic acids is 1. The fourth-order valence-electron chi connectivity index (χ4n) is 2.71. The van der Waals surface area contributed by atoms with Gasteiger partial charge in [-0.15, -0.1) is 0 Å². The first-order chi connectivity index (χ1) is 12.5. The van der Waals surface area contributed by atoms with E-state index < -0.39 is 0 Å². The second-order valence-electron chi connectivity index (χ2n) is 6.21. The van der Waals surface area contributed by atoms with Gasteiger partial charge in [-0.1, -0.05) is 19.4 Å². The maximum absolute atomic E-state index is 12.5. The first-order valence-electron chi connectivity index (χ1n) is 8.59. The van der Waals surface area contributed by atoms with Crippen molar-refractivity contribution in [1.82, 2.24) is 25.1 Å². The first-order valence-corrected chi connectivity index (χ1v) is 8.59. The first kappa shape index (κ1) is 17.7. The van der Waals surface area contributed by atoms with Crippen molar-refractivity contribution >= 4 is 16.9 Å². The largest absolute Gasteiger partial charge is 0.344 e. The van der Waals surface area contributed by atoms with Crippen LogP contribution in [0.4, 0.5) is 0 Å². The smallest absolute Gasteiger partial charge is 0.323 e. The molecule has 0 fully saturated rings. The van der Waals surface area contributed by atoms with Crippen molar-refractivity contribution in [3.05, 3.63) is 62.4 Å². The molecule has 8 nitrogen and oxygen atoms in total. The second kappa shape index (κ2) is 7.38. The number of aryl methyl sites for hydroxylation is 1. The molecule has 0 spiro atoms. The van der Waals surface area contributed by atoms with Gasteiger partial charge in [-0.3, -0.25) is 9.59 Å². The highest BCUT2D eigenvalue weighted by molar-refractivity contribution is 5.92. The molecule has 0 aliphatic heterocycles. The zero-order valence-corrected chi connectivity index (χ0v) is 14.7. The molecule has 0 bridgehead atoms. The fraction of sp³-hybridized carbons (Fsp3) is 0.333. The Morgan fingerprint density at radius 2 is 1.96 bits per heavy atom. The van der Waals surface area contributed by atoms with E-state index in [-0.39, 0.29) is 28.9 Å². The van der Waals surface area contributed by atoms with Crippen molar-refractivity contribution < 1.29 is 4.79 Å². The third-order valence-electron chi connectivity index (χ3n) is 4.21. The van der Waals surface area contributed by atoms with Crippen molar-refractivity contribution in [1.29, 1.82) is 0 Å². The number of rotatable bonds is 6. The molecule has 1 aromatic carbocycles. The molecule has 0 radical (unpaired) electrons. The Kier molecular flexibility index (Phi) is 5.01. The standard InChI is InChI=1S/C18H21N5O3/c1-3-4-9-23-16(24)8-7-14(22-23)17(25)19-11(2)12-5-6-13-15(10-12)21-18(26)20-13/h5-8,10-11H,3-4,9H2,1-2H3,(H,19,25)(H2,20,21,26). The molecule has 1 amide bonds. The minimum absolute atomic E-state index is 0.198. The van der Waals surface area contributed by atoms with Crippen LogP contribution in [-0.4, -0.2) is 25.7 Å². The number of unbranched alkanes of at least 4 members (excludes halogenated alkanes) is 1. The molecule has 3 N–H and O–H groups in total. The zero-order valence-electron chi connectivity index (χ0n) is 14.7. The van der Waals surface area contributed by atoms with Crippen LogP contribution in [0.2, 0.25) is 0 Å².